The van der Waals surface area contributed by atoms with Crippen LogP contribution in [-0.2, 0) is 22.5 Å². The SMILES string of the molecule is COC[C@@H](NC(=O)Cc1cc2c(cn1)C(c1ccn3ncnc3c1)=NC2)c1ccc(F)cc1. The maximum absolute atomic E-state index is 13.2. The van der Waals surface area contributed by atoms with Crippen LogP contribution in [0, 0.1) is 5.82 Å². The number of carbonyl (C=O) groups excluding carboxylic acids is 1. The highest BCUT2D eigenvalue weighted by atomic mass is 19.1. The van der Waals surface area contributed by atoms with E-state index in [0.717, 1.165) is 33.6 Å². The largest absolute Gasteiger partial charge is 0.382 e. The third-order valence-electron chi connectivity index (χ3n) is 5.55. The van der Waals surface area contributed by atoms with Crippen molar-refractivity contribution in [1.29, 1.82) is 0 Å². The molecule has 9 heteroatoms. The van der Waals surface area contributed by atoms with Crippen molar-refractivity contribution in [3.05, 3.63) is 95.0 Å². The molecule has 1 aliphatic rings. The number of aliphatic imine (C=N–C) groups is 1. The summed E-state index contributed by atoms with van der Waals surface area (Å²) in [5.41, 5.74) is 5.96. The van der Waals surface area contributed by atoms with Gasteiger partial charge in [0.2, 0.25) is 5.91 Å². The van der Waals surface area contributed by atoms with Gasteiger partial charge in [0, 0.05) is 30.6 Å². The first-order chi connectivity index (χ1) is 16.1. The number of halogens is 1. The minimum absolute atomic E-state index is 0.121. The molecule has 0 radical (unpaired) electrons. The van der Waals surface area contributed by atoms with Crippen LogP contribution >= 0.6 is 0 Å². The molecule has 0 aliphatic carbocycles. The molecule has 166 valence electrons. The quantitative estimate of drug-likeness (QED) is 0.473. The van der Waals surface area contributed by atoms with Crippen LogP contribution in [-0.4, -0.2) is 44.9 Å². The van der Waals surface area contributed by atoms with Gasteiger partial charge in [-0.25, -0.2) is 13.9 Å². The lowest BCUT2D eigenvalue weighted by Gasteiger charge is -2.18. The van der Waals surface area contributed by atoms with Crippen LogP contribution in [0.4, 0.5) is 4.39 Å². The second-order valence-electron chi connectivity index (χ2n) is 7.78. The van der Waals surface area contributed by atoms with E-state index in [9.17, 15) is 9.18 Å². The van der Waals surface area contributed by atoms with Crippen LogP contribution in [0.25, 0.3) is 5.65 Å². The van der Waals surface area contributed by atoms with Gasteiger partial charge in [-0.3, -0.25) is 14.8 Å². The van der Waals surface area contributed by atoms with Gasteiger partial charge >= 0.3 is 0 Å². The van der Waals surface area contributed by atoms with Gasteiger partial charge in [-0.05, 0) is 41.5 Å². The summed E-state index contributed by atoms with van der Waals surface area (Å²) in [6.45, 7) is 0.810. The van der Waals surface area contributed by atoms with Crippen molar-refractivity contribution in [2.45, 2.75) is 19.0 Å². The van der Waals surface area contributed by atoms with Crippen molar-refractivity contribution >= 4 is 17.3 Å². The maximum Gasteiger partial charge on any atom is 0.226 e. The summed E-state index contributed by atoms with van der Waals surface area (Å²) >= 11 is 0. The fraction of sp³-hybridized carbons (Fsp3) is 0.208. The Balaban J connectivity index is 1.29. The molecule has 0 saturated heterocycles. The van der Waals surface area contributed by atoms with Crippen LogP contribution in [0.2, 0.25) is 0 Å². The van der Waals surface area contributed by atoms with Crippen LogP contribution in [0.15, 0.2) is 66.2 Å². The molecule has 8 nitrogen and oxygen atoms in total. The molecule has 3 aromatic heterocycles. The third-order valence-corrected chi connectivity index (χ3v) is 5.55. The summed E-state index contributed by atoms with van der Waals surface area (Å²) in [6, 6.07) is 11.4. The predicted molar refractivity (Wildman–Crippen MR) is 119 cm³/mol. The summed E-state index contributed by atoms with van der Waals surface area (Å²) in [4.78, 5) is 26.1. The molecule has 5 rings (SSSR count). The smallest absolute Gasteiger partial charge is 0.226 e. The van der Waals surface area contributed by atoms with E-state index >= 15 is 0 Å². The molecular formula is C24H21FN6O2. The van der Waals surface area contributed by atoms with Crippen LogP contribution in [0.5, 0.6) is 0 Å². The summed E-state index contributed by atoms with van der Waals surface area (Å²) in [5, 5.41) is 7.06. The van der Waals surface area contributed by atoms with E-state index in [0.29, 0.717) is 12.2 Å². The van der Waals surface area contributed by atoms with E-state index in [4.69, 9.17) is 4.74 Å². The van der Waals surface area contributed by atoms with E-state index in [1.165, 1.54) is 18.5 Å². The minimum atomic E-state index is -0.375. The number of ether oxygens (including phenoxy) is 1. The molecule has 1 N–H and O–H groups in total. The highest BCUT2D eigenvalue weighted by Gasteiger charge is 2.21. The van der Waals surface area contributed by atoms with Crippen LogP contribution < -0.4 is 5.32 Å². The molecule has 0 spiro atoms. The standard InChI is InChI=1S/C24H21FN6O2/c1-33-13-21(15-2-4-18(25)5-3-15)30-23(32)10-19-8-17-11-27-24(20(17)12-26-19)16-6-7-31-22(9-16)28-14-29-31/h2-9,12,14,21H,10-11,13H2,1H3,(H,30,32)/t21-/m1/s1. The molecule has 0 unspecified atom stereocenters. The number of nitrogens with zero attached hydrogens (tertiary/aromatic N) is 5. The Morgan fingerprint density at radius 3 is 2.88 bits per heavy atom. The topological polar surface area (TPSA) is 93.8 Å². The Hall–Kier alpha value is -3.98. The highest BCUT2D eigenvalue weighted by Crippen LogP contribution is 2.24. The number of nitrogens with one attached hydrogen (secondary N) is 1. The third kappa shape index (κ3) is 4.35. The number of aromatic nitrogens is 4. The number of fused-ring (bicyclic) bond motifs is 2. The van der Waals surface area contributed by atoms with Gasteiger partial charge in [0.05, 0.1) is 37.0 Å². The molecule has 0 fully saturated rings. The van der Waals surface area contributed by atoms with Crippen LogP contribution in [0.3, 0.4) is 0 Å². The molecule has 0 saturated carbocycles. The molecule has 1 amide bonds. The monoisotopic (exact) mass is 444 g/mol. The number of pyridine rings is 2. The van der Waals surface area contributed by atoms with Crippen molar-refractivity contribution in [2.75, 3.05) is 13.7 Å². The lowest BCUT2D eigenvalue weighted by Crippen LogP contribution is -2.32. The van der Waals surface area contributed by atoms with Gasteiger partial charge in [-0.1, -0.05) is 12.1 Å². The number of carbonyl (C=O) groups is 1. The normalized spacial score (nSPS) is 13.6. The first-order valence-electron chi connectivity index (χ1n) is 10.5. The van der Waals surface area contributed by atoms with Gasteiger partial charge in [0.1, 0.15) is 12.1 Å². The summed E-state index contributed by atoms with van der Waals surface area (Å²) in [5.74, 6) is -0.517. The van der Waals surface area contributed by atoms with Gasteiger partial charge in [-0.15, -0.1) is 0 Å². The maximum atomic E-state index is 13.2. The summed E-state index contributed by atoms with van der Waals surface area (Å²) < 4.78 is 20.2. The minimum Gasteiger partial charge on any atom is -0.382 e. The van der Waals surface area contributed by atoms with Crippen molar-refractivity contribution in [2.24, 2.45) is 4.99 Å². The zero-order valence-corrected chi connectivity index (χ0v) is 17.9. The lowest BCUT2D eigenvalue weighted by atomic mass is 10.0. The predicted octanol–water partition coefficient (Wildman–Crippen LogP) is 2.66. The Kier molecular flexibility index (Phi) is 5.62. The van der Waals surface area contributed by atoms with Gasteiger partial charge in [0.25, 0.3) is 0 Å². The molecule has 4 heterocycles. The first kappa shape index (κ1) is 20.9. The number of amides is 1. The fourth-order valence-corrected chi connectivity index (χ4v) is 3.94. The van der Waals surface area contributed by atoms with E-state index in [1.54, 1.807) is 30.0 Å². The average Bonchev–Trinajstić information content (AvgIpc) is 3.45. The molecule has 4 aromatic rings. The Labute approximate surface area is 189 Å². The van der Waals surface area contributed by atoms with Gasteiger partial charge in [-0.2, -0.15) is 5.10 Å². The molecule has 1 aromatic carbocycles. The fourth-order valence-electron chi connectivity index (χ4n) is 3.94. The summed E-state index contributed by atoms with van der Waals surface area (Å²) in [6.07, 6.45) is 5.25. The zero-order valence-electron chi connectivity index (χ0n) is 17.9. The number of rotatable bonds is 7. The molecule has 1 aliphatic heterocycles. The number of hydrogen-bond donors (Lipinski definition) is 1. The number of hydrogen-bond acceptors (Lipinski definition) is 6. The zero-order chi connectivity index (χ0) is 22.8. The number of benzene rings is 1. The second kappa shape index (κ2) is 8.87. The molecule has 1 atom stereocenters. The van der Waals surface area contributed by atoms with E-state index < -0.39 is 0 Å². The highest BCUT2D eigenvalue weighted by molar-refractivity contribution is 6.15. The van der Waals surface area contributed by atoms with Gasteiger partial charge in [0.15, 0.2) is 5.65 Å². The molecule has 0 bridgehead atoms. The summed E-state index contributed by atoms with van der Waals surface area (Å²) in [7, 11) is 1.56. The Morgan fingerprint density at radius 2 is 2.06 bits per heavy atom. The van der Waals surface area contributed by atoms with Crippen molar-refractivity contribution < 1.29 is 13.9 Å². The van der Waals surface area contributed by atoms with E-state index in [2.05, 4.69) is 25.4 Å². The van der Waals surface area contributed by atoms with Crippen molar-refractivity contribution in [3.8, 4) is 0 Å². The molecule has 33 heavy (non-hydrogen) atoms. The van der Waals surface area contributed by atoms with Crippen LogP contribution in [0.1, 0.15) is 34.0 Å². The Bertz CT molecular complexity index is 1350. The molecular weight excluding hydrogens is 423 g/mol. The van der Waals surface area contributed by atoms with Gasteiger partial charge < -0.3 is 10.1 Å². The average molecular weight is 444 g/mol. The number of methoxy groups -OCH3 is 1. The van der Waals surface area contributed by atoms with E-state index in [-0.39, 0.29) is 30.8 Å². The lowest BCUT2D eigenvalue weighted by molar-refractivity contribution is -0.121. The Morgan fingerprint density at radius 1 is 1.21 bits per heavy atom. The van der Waals surface area contributed by atoms with E-state index in [1.807, 2.05) is 24.4 Å². The van der Waals surface area contributed by atoms with Crippen molar-refractivity contribution in [1.82, 2.24) is 24.9 Å². The van der Waals surface area contributed by atoms with Crippen molar-refractivity contribution in [3.63, 3.8) is 0 Å². The first-order valence-corrected chi connectivity index (χ1v) is 10.5. The second-order valence-corrected chi connectivity index (χ2v) is 7.78.